The minimum Gasteiger partial charge on any atom is -0.746 e. The number of halogens is 17. The fourth-order valence-electron chi connectivity index (χ4n) is 3.13. The molecule has 0 saturated heterocycles. The van der Waals surface area contributed by atoms with Crippen molar-refractivity contribution >= 4 is 10.1 Å². The molecule has 0 aromatic heterocycles. The summed E-state index contributed by atoms with van der Waals surface area (Å²) in [6.45, 7) is 14.2. The summed E-state index contributed by atoms with van der Waals surface area (Å²) < 4.78 is 252. The van der Waals surface area contributed by atoms with Crippen molar-refractivity contribution in [1.29, 1.82) is 0 Å². The molecule has 250 valence electrons. The molecule has 0 amide bonds. The summed E-state index contributed by atoms with van der Waals surface area (Å²) in [6, 6.07) is 0. The van der Waals surface area contributed by atoms with E-state index in [0.29, 0.717) is 0 Å². The Hall–Kier alpha value is -1.32. The minimum atomic E-state index is -8.43. The average Bonchev–Trinajstić information content (AvgIpc) is 2.87. The van der Waals surface area contributed by atoms with Crippen LogP contribution >= 0.6 is 0 Å². The van der Waals surface area contributed by atoms with E-state index in [1.54, 1.807) is 0 Å². The summed E-state index contributed by atoms with van der Waals surface area (Å²) in [5.74, 6) is -40.4. The molecule has 0 bridgehead atoms. The number of quaternary nitrogens is 1. The smallest absolute Gasteiger partial charge is 0.384 e. The van der Waals surface area contributed by atoms with E-state index in [4.69, 9.17) is 0 Å². The third kappa shape index (κ3) is 7.99. The van der Waals surface area contributed by atoms with Gasteiger partial charge in [-0.3, -0.25) is 0 Å². The van der Waals surface area contributed by atoms with Gasteiger partial charge in [-0.1, -0.05) is 0 Å². The van der Waals surface area contributed by atoms with Crippen LogP contribution in [0.1, 0.15) is 27.7 Å². The summed E-state index contributed by atoms with van der Waals surface area (Å²) in [6.07, 6.45) is -25.1. The zero-order valence-corrected chi connectivity index (χ0v) is 22.1. The van der Waals surface area contributed by atoms with E-state index >= 15 is 0 Å². The van der Waals surface area contributed by atoms with E-state index in [0.717, 1.165) is 0 Å². The van der Waals surface area contributed by atoms with Crippen LogP contribution in [0.25, 0.3) is 0 Å². The van der Waals surface area contributed by atoms with Crippen molar-refractivity contribution in [3.63, 3.8) is 0 Å². The first-order chi connectivity index (χ1) is 18.0. The fourth-order valence-corrected chi connectivity index (χ4v) is 3.64. The maximum absolute atomic E-state index is 13.4. The van der Waals surface area contributed by atoms with Crippen molar-refractivity contribution < 1.29 is 92.1 Å². The largest absolute Gasteiger partial charge is 0.746 e. The molecule has 5 atom stereocenters. The van der Waals surface area contributed by atoms with Gasteiger partial charge in [-0.2, -0.15) is 43.9 Å². The monoisotopic (exact) mass is 671 g/mol. The second kappa shape index (κ2) is 14.0. The first kappa shape index (κ1) is 41.8. The predicted octanol–water partition coefficient (Wildman–Crippen LogP) is 6.50. The standard InChI is InChI=1S/C11H7F17O3S.C8H20N/c12-1(3(14)5(16)17)2(13)4(15)7(19,20)9(23,24)11(27,28)10(25,26)8(21,22)6(18)32(29,30)31;1-5-9(6-2,7-3)8-4/h1-6H,(H,29,30,31);5-8H2,1-4H3/q;+1/p-1. The lowest BCUT2D eigenvalue weighted by molar-refractivity contribution is -0.921. The van der Waals surface area contributed by atoms with Crippen LogP contribution < -0.4 is 0 Å². The van der Waals surface area contributed by atoms with Gasteiger partial charge < -0.3 is 9.04 Å². The van der Waals surface area contributed by atoms with Crippen LogP contribution in [-0.2, 0) is 10.1 Å². The molecule has 5 unspecified atom stereocenters. The molecule has 0 saturated carbocycles. The Morgan fingerprint density at radius 3 is 1.12 bits per heavy atom. The quantitative estimate of drug-likeness (QED) is 0.114. The molecule has 22 heteroatoms. The van der Waals surface area contributed by atoms with Crippen LogP contribution in [0.5, 0.6) is 0 Å². The van der Waals surface area contributed by atoms with Crippen molar-refractivity contribution in [3.05, 3.63) is 0 Å². The molecule has 41 heavy (non-hydrogen) atoms. The first-order valence-electron chi connectivity index (χ1n) is 11.2. The molecule has 0 heterocycles. The van der Waals surface area contributed by atoms with Gasteiger partial charge in [0.25, 0.3) is 11.9 Å². The average molecular weight is 671 g/mol. The number of hydrogen-bond acceptors (Lipinski definition) is 3. The highest BCUT2D eigenvalue weighted by Crippen LogP contribution is 2.59. The van der Waals surface area contributed by atoms with Crippen molar-refractivity contribution in [3.8, 4) is 0 Å². The molecule has 0 fully saturated rings. The second-order valence-corrected chi connectivity index (χ2v) is 9.85. The summed E-state index contributed by atoms with van der Waals surface area (Å²) >= 11 is 0. The molecule has 0 rings (SSSR count). The Morgan fingerprint density at radius 1 is 0.561 bits per heavy atom. The maximum Gasteiger partial charge on any atom is 0.384 e. The van der Waals surface area contributed by atoms with Gasteiger partial charge in [-0.25, -0.2) is 39.2 Å². The Kier molecular flexibility index (Phi) is 14.3. The van der Waals surface area contributed by atoms with E-state index in [9.17, 15) is 87.6 Å². The Morgan fingerprint density at radius 2 is 0.878 bits per heavy atom. The van der Waals surface area contributed by atoms with Gasteiger partial charge in [0.2, 0.25) is 6.17 Å². The number of alkyl halides is 17. The Labute approximate surface area is 223 Å². The summed E-state index contributed by atoms with van der Waals surface area (Å²) in [5.41, 5.74) is -5.97. The van der Waals surface area contributed by atoms with E-state index in [1.807, 2.05) is 0 Å². The van der Waals surface area contributed by atoms with Crippen LogP contribution in [0.4, 0.5) is 74.6 Å². The minimum absolute atomic E-state index is 1.28. The summed E-state index contributed by atoms with van der Waals surface area (Å²) in [5, 5.41) is 0. The topological polar surface area (TPSA) is 57.2 Å². The summed E-state index contributed by atoms with van der Waals surface area (Å²) in [4.78, 5) is 0. The van der Waals surface area contributed by atoms with E-state index < -0.39 is 76.3 Å². The normalized spacial score (nSPS) is 18.3. The first-order valence-corrected chi connectivity index (χ1v) is 12.6. The molecule has 0 aromatic carbocycles. The van der Waals surface area contributed by atoms with Gasteiger partial charge in [0.05, 0.1) is 26.2 Å². The maximum atomic E-state index is 13.4. The predicted molar refractivity (Wildman–Crippen MR) is 107 cm³/mol. The lowest BCUT2D eigenvalue weighted by Gasteiger charge is -2.41. The van der Waals surface area contributed by atoms with E-state index in [1.165, 1.54) is 30.7 Å². The molecular formula is C19H26F17NO3S. The van der Waals surface area contributed by atoms with Crippen LogP contribution in [0, 0.1) is 0 Å². The van der Waals surface area contributed by atoms with Gasteiger partial charge in [0, 0.05) is 0 Å². The highest BCUT2D eigenvalue weighted by molar-refractivity contribution is 7.86. The van der Waals surface area contributed by atoms with Gasteiger partial charge >= 0.3 is 29.6 Å². The van der Waals surface area contributed by atoms with Crippen LogP contribution in [0.2, 0.25) is 0 Å². The zero-order valence-electron chi connectivity index (χ0n) is 21.3. The SMILES string of the molecule is CC[N+](CC)(CC)CC.O=S(=O)([O-])C(F)C(F)(F)C(F)(F)C(F)(F)C(F)(F)C(F)(F)C(F)C(F)C(F)C(F)C(F)F. The van der Waals surface area contributed by atoms with Crippen molar-refractivity contribution in [2.45, 2.75) is 93.9 Å². The van der Waals surface area contributed by atoms with Gasteiger partial charge in [-0.05, 0) is 27.7 Å². The van der Waals surface area contributed by atoms with Crippen LogP contribution in [0.15, 0.2) is 0 Å². The lowest BCUT2D eigenvalue weighted by atomic mass is 9.90. The van der Waals surface area contributed by atoms with Gasteiger partial charge in [-0.15, -0.1) is 0 Å². The molecule has 0 N–H and O–H groups in total. The fraction of sp³-hybridized carbons (Fsp3) is 1.00. The van der Waals surface area contributed by atoms with E-state index in [2.05, 4.69) is 27.7 Å². The number of hydrogen-bond donors (Lipinski definition) is 0. The van der Waals surface area contributed by atoms with E-state index in [-0.39, 0.29) is 0 Å². The molecule has 0 spiro atoms. The van der Waals surface area contributed by atoms with Crippen molar-refractivity contribution in [2.75, 3.05) is 26.2 Å². The Balaban J connectivity index is 0. The van der Waals surface area contributed by atoms with Crippen molar-refractivity contribution in [2.24, 2.45) is 0 Å². The molecule has 0 aromatic rings. The highest BCUT2D eigenvalue weighted by Gasteiger charge is 2.89. The number of rotatable bonds is 15. The molecule has 0 aliphatic rings. The molecule has 4 nitrogen and oxygen atoms in total. The number of nitrogens with zero attached hydrogens (tertiary/aromatic N) is 1. The molecule has 0 radical (unpaired) electrons. The zero-order chi connectivity index (χ0) is 33.8. The highest BCUT2D eigenvalue weighted by atomic mass is 32.2. The second-order valence-electron chi connectivity index (χ2n) is 8.45. The lowest BCUT2D eigenvalue weighted by Crippen LogP contribution is -2.71. The molecule has 0 aliphatic carbocycles. The van der Waals surface area contributed by atoms with Crippen molar-refractivity contribution in [1.82, 2.24) is 0 Å². The Bertz CT molecular complexity index is 897. The molecule has 0 aliphatic heterocycles. The van der Waals surface area contributed by atoms with Crippen LogP contribution in [0.3, 0.4) is 0 Å². The molecular weight excluding hydrogens is 645 g/mol. The third-order valence-electron chi connectivity index (χ3n) is 6.32. The third-order valence-corrected chi connectivity index (χ3v) is 7.13. The summed E-state index contributed by atoms with van der Waals surface area (Å²) in [7, 11) is -7.35. The van der Waals surface area contributed by atoms with Gasteiger partial charge in [0.1, 0.15) is 10.1 Å². The van der Waals surface area contributed by atoms with Crippen LogP contribution in [-0.4, -0.2) is 110 Å². The van der Waals surface area contributed by atoms with Gasteiger partial charge in [0.15, 0.2) is 18.5 Å².